The van der Waals surface area contributed by atoms with Crippen molar-refractivity contribution in [3.63, 3.8) is 0 Å². The van der Waals surface area contributed by atoms with Crippen LogP contribution in [0.15, 0.2) is 54.6 Å². The summed E-state index contributed by atoms with van der Waals surface area (Å²) in [6.07, 6.45) is 0.903. The first-order valence-electron chi connectivity index (χ1n) is 7.16. The van der Waals surface area contributed by atoms with E-state index in [2.05, 4.69) is 55.5 Å². The standard InChI is InChI=1S/C19H16O2/c1-13-2-5-17-10-14(3-6-16(17)8-13)9-15-4-7-18-19(11-15)21-12-20-18/h2-8,10-11H,9,12H2,1H3. The Morgan fingerprint density at radius 2 is 1.48 bits per heavy atom. The van der Waals surface area contributed by atoms with E-state index in [-0.39, 0.29) is 0 Å². The molecule has 4 rings (SSSR count). The Morgan fingerprint density at radius 3 is 2.43 bits per heavy atom. The molecule has 2 nitrogen and oxygen atoms in total. The van der Waals surface area contributed by atoms with E-state index in [9.17, 15) is 0 Å². The molecule has 0 fully saturated rings. The SMILES string of the molecule is Cc1ccc2cc(Cc3ccc4c(c3)OCO4)ccc2c1. The van der Waals surface area contributed by atoms with Gasteiger partial charge in [-0.3, -0.25) is 0 Å². The van der Waals surface area contributed by atoms with Crippen LogP contribution in [0.1, 0.15) is 16.7 Å². The Morgan fingerprint density at radius 1 is 0.762 bits per heavy atom. The lowest BCUT2D eigenvalue weighted by Gasteiger charge is -2.06. The summed E-state index contributed by atoms with van der Waals surface area (Å²) in [6, 6.07) is 19.4. The van der Waals surface area contributed by atoms with Crippen LogP contribution < -0.4 is 9.47 Å². The zero-order valence-electron chi connectivity index (χ0n) is 11.9. The zero-order chi connectivity index (χ0) is 14.2. The monoisotopic (exact) mass is 276 g/mol. The summed E-state index contributed by atoms with van der Waals surface area (Å²) in [6.45, 7) is 2.45. The molecule has 0 saturated heterocycles. The average Bonchev–Trinajstić information content (AvgIpc) is 2.95. The van der Waals surface area contributed by atoms with Gasteiger partial charge in [0.15, 0.2) is 11.5 Å². The van der Waals surface area contributed by atoms with Crippen molar-refractivity contribution in [3.05, 3.63) is 71.3 Å². The Labute approximate surface area is 123 Å². The number of fused-ring (bicyclic) bond motifs is 2. The minimum Gasteiger partial charge on any atom is -0.454 e. The summed E-state index contributed by atoms with van der Waals surface area (Å²) in [4.78, 5) is 0. The molecule has 3 aromatic rings. The first-order valence-corrected chi connectivity index (χ1v) is 7.16. The summed E-state index contributed by atoms with van der Waals surface area (Å²) in [5.41, 5.74) is 3.85. The van der Waals surface area contributed by atoms with Crippen molar-refractivity contribution in [3.8, 4) is 11.5 Å². The quantitative estimate of drug-likeness (QED) is 0.687. The highest BCUT2D eigenvalue weighted by Gasteiger charge is 2.13. The molecule has 0 aliphatic carbocycles. The second-order valence-electron chi connectivity index (χ2n) is 5.55. The van der Waals surface area contributed by atoms with Gasteiger partial charge < -0.3 is 9.47 Å². The maximum Gasteiger partial charge on any atom is 0.231 e. The van der Waals surface area contributed by atoms with Gasteiger partial charge in [-0.1, -0.05) is 48.0 Å². The van der Waals surface area contributed by atoms with E-state index in [0.29, 0.717) is 6.79 Å². The minimum absolute atomic E-state index is 0.327. The molecule has 1 aliphatic heterocycles. The molecule has 0 spiro atoms. The first kappa shape index (κ1) is 12.3. The average molecular weight is 276 g/mol. The van der Waals surface area contributed by atoms with Crippen molar-refractivity contribution in [1.29, 1.82) is 0 Å². The van der Waals surface area contributed by atoms with Gasteiger partial charge in [0.1, 0.15) is 0 Å². The van der Waals surface area contributed by atoms with Gasteiger partial charge >= 0.3 is 0 Å². The number of rotatable bonds is 2. The van der Waals surface area contributed by atoms with Gasteiger partial charge in [-0.15, -0.1) is 0 Å². The molecule has 0 N–H and O–H groups in total. The Hall–Kier alpha value is -2.48. The number of hydrogen-bond acceptors (Lipinski definition) is 2. The van der Waals surface area contributed by atoms with Crippen molar-refractivity contribution in [1.82, 2.24) is 0 Å². The molecule has 3 aromatic carbocycles. The second-order valence-corrected chi connectivity index (χ2v) is 5.55. The van der Waals surface area contributed by atoms with Gasteiger partial charge in [0, 0.05) is 0 Å². The third-order valence-electron chi connectivity index (χ3n) is 3.91. The molecule has 0 amide bonds. The molecular formula is C19H16O2. The van der Waals surface area contributed by atoms with Crippen LogP contribution in [0.3, 0.4) is 0 Å². The normalized spacial score (nSPS) is 12.8. The fourth-order valence-corrected chi connectivity index (χ4v) is 2.81. The lowest BCUT2D eigenvalue weighted by Crippen LogP contribution is -1.93. The smallest absolute Gasteiger partial charge is 0.231 e. The molecule has 0 bridgehead atoms. The molecule has 0 atom stereocenters. The minimum atomic E-state index is 0.327. The van der Waals surface area contributed by atoms with E-state index in [1.165, 1.54) is 27.5 Å². The molecule has 0 radical (unpaired) electrons. The van der Waals surface area contributed by atoms with Gasteiger partial charge in [-0.05, 0) is 47.4 Å². The van der Waals surface area contributed by atoms with Gasteiger partial charge in [-0.25, -0.2) is 0 Å². The van der Waals surface area contributed by atoms with Crippen molar-refractivity contribution >= 4 is 10.8 Å². The molecular weight excluding hydrogens is 260 g/mol. The Bertz CT molecular complexity index is 821. The van der Waals surface area contributed by atoms with Gasteiger partial charge in [0.25, 0.3) is 0 Å². The van der Waals surface area contributed by atoms with Gasteiger partial charge in [0.05, 0.1) is 0 Å². The lowest BCUT2D eigenvalue weighted by atomic mass is 10.00. The predicted molar refractivity (Wildman–Crippen MR) is 84.1 cm³/mol. The molecule has 0 aromatic heterocycles. The highest BCUT2D eigenvalue weighted by Crippen LogP contribution is 2.33. The van der Waals surface area contributed by atoms with Crippen LogP contribution in [0.5, 0.6) is 11.5 Å². The third-order valence-corrected chi connectivity index (χ3v) is 3.91. The maximum atomic E-state index is 5.44. The second kappa shape index (κ2) is 4.81. The summed E-state index contributed by atoms with van der Waals surface area (Å²) >= 11 is 0. The van der Waals surface area contributed by atoms with Crippen molar-refractivity contribution in [2.75, 3.05) is 6.79 Å². The van der Waals surface area contributed by atoms with E-state index in [4.69, 9.17) is 9.47 Å². The Kier molecular flexibility index (Phi) is 2.81. The molecule has 1 heterocycles. The van der Waals surface area contributed by atoms with Gasteiger partial charge in [0.2, 0.25) is 6.79 Å². The van der Waals surface area contributed by atoms with E-state index in [1.807, 2.05) is 6.07 Å². The number of benzene rings is 3. The van der Waals surface area contributed by atoms with Gasteiger partial charge in [-0.2, -0.15) is 0 Å². The maximum absolute atomic E-state index is 5.44. The first-order chi connectivity index (χ1) is 10.3. The van der Waals surface area contributed by atoms with Crippen LogP contribution in [0, 0.1) is 6.92 Å². The van der Waals surface area contributed by atoms with Crippen LogP contribution in [0.4, 0.5) is 0 Å². The fourth-order valence-electron chi connectivity index (χ4n) is 2.81. The number of aryl methyl sites for hydroxylation is 1. The summed E-state index contributed by atoms with van der Waals surface area (Å²) < 4.78 is 10.8. The predicted octanol–water partition coefficient (Wildman–Crippen LogP) is 4.47. The Balaban J connectivity index is 1.66. The highest BCUT2D eigenvalue weighted by atomic mass is 16.7. The summed E-state index contributed by atoms with van der Waals surface area (Å²) in [7, 11) is 0. The molecule has 0 saturated carbocycles. The van der Waals surface area contributed by atoms with Crippen molar-refractivity contribution in [2.45, 2.75) is 13.3 Å². The molecule has 104 valence electrons. The molecule has 21 heavy (non-hydrogen) atoms. The van der Waals surface area contributed by atoms with E-state index in [1.54, 1.807) is 0 Å². The van der Waals surface area contributed by atoms with Crippen LogP contribution in [-0.2, 0) is 6.42 Å². The largest absolute Gasteiger partial charge is 0.454 e. The summed E-state index contributed by atoms with van der Waals surface area (Å²) in [5.74, 6) is 1.69. The molecule has 1 aliphatic rings. The molecule has 0 unspecified atom stereocenters. The lowest BCUT2D eigenvalue weighted by molar-refractivity contribution is 0.174. The van der Waals surface area contributed by atoms with Crippen LogP contribution in [0.25, 0.3) is 10.8 Å². The molecule has 2 heteroatoms. The number of hydrogen-bond donors (Lipinski definition) is 0. The third kappa shape index (κ3) is 2.33. The highest BCUT2D eigenvalue weighted by molar-refractivity contribution is 5.83. The topological polar surface area (TPSA) is 18.5 Å². The van der Waals surface area contributed by atoms with E-state index < -0.39 is 0 Å². The van der Waals surface area contributed by atoms with Crippen LogP contribution >= 0.6 is 0 Å². The van der Waals surface area contributed by atoms with E-state index in [0.717, 1.165) is 17.9 Å². The summed E-state index contributed by atoms with van der Waals surface area (Å²) in [5, 5.41) is 2.59. The number of ether oxygens (including phenoxy) is 2. The van der Waals surface area contributed by atoms with Crippen molar-refractivity contribution in [2.24, 2.45) is 0 Å². The van der Waals surface area contributed by atoms with Crippen LogP contribution in [-0.4, -0.2) is 6.79 Å². The van der Waals surface area contributed by atoms with E-state index >= 15 is 0 Å². The zero-order valence-corrected chi connectivity index (χ0v) is 11.9. The van der Waals surface area contributed by atoms with Crippen molar-refractivity contribution < 1.29 is 9.47 Å². The fraction of sp³-hybridized carbons (Fsp3) is 0.158. The van der Waals surface area contributed by atoms with Crippen LogP contribution in [0.2, 0.25) is 0 Å².